The molecule has 0 saturated carbocycles. The van der Waals surface area contributed by atoms with Crippen LogP contribution >= 0.6 is 11.6 Å². The maximum Gasteiger partial charge on any atom is 0.0406 e. The Hall–Kier alpha value is -0.530. The first-order chi connectivity index (χ1) is 7.26. The van der Waals surface area contributed by atoms with Crippen LogP contribution in [0.3, 0.4) is 0 Å². The SMILES string of the molecule is CCCC(CC)NCc1ccc(Cl)cc1. The summed E-state index contributed by atoms with van der Waals surface area (Å²) in [7, 11) is 0. The lowest BCUT2D eigenvalue weighted by Gasteiger charge is -2.15. The summed E-state index contributed by atoms with van der Waals surface area (Å²) in [5.74, 6) is 0. The van der Waals surface area contributed by atoms with Gasteiger partial charge in [-0.05, 0) is 30.5 Å². The molecule has 0 fully saturated rings. The molecule has 0 spiro atoms. The Morgan fingerprint density at radius 1 is 1.20 bits per heavy atom. The van der Waals surface area contributed by atoms with Gasteiger partial charge in [0.1, 0.15) is 0 Å². The van der Waals surface area contributed by atoms with Crippen molar-refractivity contribution >= 4 is 11.6 Å². The standard InChI is InChI=1S/C13H20ClN/c1-3-5-13(4-2)15-10-11-6-8-12(14)9-7-11/h6-9,13,15H,3-5,10H2,1-2H3. The smallest absolute Gasteiger partial charge is 0.0406 e. The van der Waals surface area contributed by atoms with Gasteiger partial charge in [0, 0.05) is 17.6 Å². The zero-order chi connectivity index (χ0) is 11.1. The van der Waals surface area contributed by atoms with E-state index in [4.69, 9.17) is 11.6 Å². The summed E-state index contributed by atoms with van der Waals surface area (Å²) in [6, 6.07) is 8.69. The summed E-state index contributed by atoms with van der Waals surface area (Å²) in [5, 5.41) is 4.37. The fourth-order valence-electron chi connectivity index (χ4n) is 1.66. The average molecular weight is 226 g/mol. The minimum Gasteiger partial charge on any atom is -0.310 e. The number of nitrogens with one attached hydrogen (secondary N) is 1. The lowest BCUT2D eigenvalue weighted by molar-refractivity contribution is 0.462. The van der Waals surface area contributed by atoms with E-state index in [1.807, 2.05) is 12.1 Å². The summed E-state index contributed by atoms with van der Waals surface area (Å²) in [6.45, 7) is 5.40. The van der Waals surface area contributed by atoms with Crippen molar-refractivity contribution < 1.29 is 0 Å². The van der Waals surface area contributed by atoms with Crippen molar-refractivity contribution in [1.82, 2.24) is 5.32 Å². The Morgan fingerprint density at radius 2 is 1.87 bits per heavy atom. The summed E-state index contributed by atoms with van der Waals surface area (Å²) in [4.78, 5) is 0. The number of rotatable bonds is 6. The van der Waals surface area contributed by atoms with Gasteiger partial charge in [-0.15, -0.1) is 0 Å². The van der Waals surface area contributed by atoms with Gasteiger partial charge in [0.15, 0.2) is 0 Å². The molecule has 0 aliphatic rings. The molecule has 1 atom stereocenters. The lowest BCUT2D eigenvalue weighted by atomic mass is 10.1. The monoisotopic (exact) mass is 225 g/mol. The highest BCUT2D eigenvalue weighted by atomic mass is 35.5. The van der Waals surface area contributed by atoms with Gasteiger partial charge >= 0.3 is 0 Å². The second-order valence-electron chi connectivity index (χ2n) is 3.90. The molecular formula is C13H20ClN. The summed E-state index contributed by atoms with van der Waals surface area (Å²) in [6.07, 6.45) is 3.69. The molecule has 0 amide bonds. The van der Waals surface area contributed by atoms with Crippen molar-refractivity contribution in [2.75, 3.05) is 0 Å². The van der Waals surface area contributed by atoms with Crippen LogP contribution in [0.15, 0.2) is 24.3 Å². The third-order valence-corrected chi connectivity index (χ3v) is 2.89. The molecule has 2 heteroatoms. The van der Waals surface area contributed by atoms with Crippen LogP contribution in [0.25, 0.3) is 0 Å². The normalized spacial score (nSPS) is 12.7. The first-order valence-corrected chi connectivity index (χ1v) is 6.11. The third kappa shape index (κ3) is 4.67. The average Bonchev–Trinajstić information content (AvgIpc) is 2.26. The van der Waals surface area contributed by atoms with Crippen LogP contribution in [-0.4, -0.2) is 6.04 Å². The molecule has 1 rings (SSSR count). The number of benzene rings is 1. The molecule has 0 saturated heterocycles. The molecule has 1 aromatic rings. The second-order valence-corrected chi connectivity index (χ2v) is 4.34. The maximum absolute atomic E-state index is 5.83. The van der Waals surface area contributed by atoms with Crippen LogP contribution in [0.4, 0.5) is 0 Å². The number of hydrogen-bond donors (Lipinski definition) is 1. The molecule has 15 heavy (non-hydrogen) atoms. The van der Waals surface area contributed by atoms with Crippen LogP contribution in [0.2, 0.25) is 5.02 Å². The van der Waals surface area contributed by atoms with Crippen LogP contribution in [-0.2, 0) is 6.54 Å². The predicted octanol–water partition coefficient (Wildman–Crippen LogP) is 4.01. The Labute approximate surface area is 97.8 Å². The molecular weight excluding hydrogens is 206 g/mol. The molecule has 1 aromatic carbocycles. The van der Waals surface area contributed by atoms with Gasteiger partial charge in [-0.3, -0.25) is 0 Å². The van der Waals surface area contributed by atoms with E-state index in [1.54, 1.807) is 0 Å². The van der Waals surface area contributed by atoms with E-state index < -0.39 is 0 Å². The summed E-state index contributed by atoms with van der Waals surface area (Å²) < 4.78 is 0. The second kappa shape index (κ2) is 6.86. The first-order valence-electron chi connectivity index (χ1n) is 5.74. The van der Waals surface area contributed by atoms with Gasteiger partial charge in [-0.25, -0.2) is 0 Å². The zero-order valence-corrected chi connectivity index (χ0v) is 10.3. The highest BCUT2D eigenvalue weighted by molar-refractivity contribution is 6.30. The van der Waals surface area contributed by atoms with Gasteiger partial charge in [0.05, 0.1) is 0 Å². The maximum atomic E-state index is 5.83. The molecule has 0 aromatic heterocycles. The molecule has 1 unspecified atom stereocenters. The number of hydrogen-bond acceptors (Lipinski definition) is 1. The van der Waals surface area contributed by atoms with Gasteiger partial charge in [-0.2, -0.15) is 0 Å². The quantitative estimate of drug-likeness (QED) is 0.772. The van der Waals surface area contributed by atoms with Gasteiger partial charge in [0.2, 0.25) is 0 Å². The van der Waals surface area contributed by atoms with Crippen molar-refractivity contribution in [1.29, 1.82) is 0 Å². The van der Waals surface area contributed by atoms with Crippen molar-refractivity contribution in [3.63, 3.8) is 0 Å². The van der Waals surface area contributed by atoms with E-state index >= 15 is 0 Å². The van der Waals surface area contributed by atoms with Crippen molar-refractivity contribution in [3.8, 4) is 0 Å². The van der Waals surface area contributed by atoms with Crippen molar-refractivity contribution in [2.45, 2.75) is 45.7 Å². The van der Waals surface area contributed by atoms with E-state index in [-0.39, 0.29) is 0 Å². The number of halogens is 1. The van der Waals surface area contributed by atoms with E-state index in [0.29, 0.717) is 6.04 Å². The molecule has 0 heterocycles. The molecule has 0 radical (unpaired) electrons. The van der Waals surface area contributed by atoms with Crippen molar-refractivity contribution in [2.24, 2.45) is 0 Å². The minimum absolute atomic E-state index is 0.644. The van der Waals surface area contributed by atoms with Gasteiger partial charge in [0.25, 0.3) is 0 Å². The van der Waals surface area contributed by atoms with Crippen LogP contribution < -0.4 is 5.32 Å². The molecule has 84 valence electrons. The van der Waals surface area contributed by atoms with E-state index in [2.05, 4.69) is 31.3 Å². The Bertz CT molecular complexity index is 268. The van der Waals surface area contributed by atoms with E-state index in [9.17, 15) is 0 Å². The highest BCUT2D eigenvalue weighted by Gasteiger charge is 2.03. The summed E-state index contributed by atoms with van der Waals surface area (Å²) >= 11 is 5.83. The van der Waals surface area contributed by atoms with Gasteiger partial charge in [-0.1, -0.05) is 44.0 Å². The molecule has 1 nitrogen and oxygen atoms in total. The van der Waals surface area contributed by atoms with Crippen LogP contribution in [0, 0.1) is 0 Å². The summed E-state index contributed by atoms with van der Waals surface area (Å²) in [5.41, 5.74) is 1.30. The molecule has 0 aliphatic heterocycles. The fraction of sp³-hybridized carbons (Fsp3) is 0.538. The van der Waals surface area contributed by atoms with Crippen LogP contribution in [0.1, 0.15) is 38.7 Å². The highest BCUT2D eigenvalue weighted by Crippen LogP contribution is 2.10. The lowest BCUT2D eigenvalue weighted by Crippen LogP contribution is -2.27. The zero-order valence-electron chi connectivity index (χ0n) is 9.59. The topological polar surface area (TPSA) is 12.0 Å². The Morgan fingerprint density at radius 3 is 2.40 bits per heavy atom. The predicted molar refractivity (Wildman–Crippen MR) is 67.3 cm³/mol. The van der Waals surface area contributed by atoms with E-state index in [1.165, 1.54) is 24.8 Å². The molecule has 1 N–H and O–H groups in total. The van der Waals surface area contributed by atoms with Crippen LogP contribution in [0.5, 0.6) is 0 Å². The Kier molecular flexibility index (Phi) is 5.74. The minimum atomic E-state index is 0.644. The Balaban J connectivity index is 2.38. The third-order valence-electron chi connectivity index (χ3n) is 2.64. The molecule has 0 aliphatic carbocycles. The first kappa shape index (κ1) is 12.5. The fourth-order valence-corrected chi connectivity index (χ4v) is 1.79. The van der Waals surface area contributed by atoms with Crippen molar-refractivity contribution in [3.05, 3.63) is 34.9 Å². The largest absolute Gasteiger partial charge is 0.310 e. The van der Waals surface area contributed by atoms with Gasteiger partial charge < -0.3 is 5.32 Å². The van der Waals surface area contributed by atoms with E-state index in [0.717, 1.165) is 11.6 Å². The molecule has 0 bridgehead atoms.